The highest BCUT2D eigenvalue weighted by molar-refractivity contribution is 6.02. The second kappa shape index (κ2) is 10.9. The summed E-state index contributed by atoms with van der Waals surface area (Å²) >= 11 is 0. The normalized spacial score (nSPS) is 25.3. The third-order valence-electron chi connectivity index (χ3n) is 8.90. The first-order valence-electron chi connectivity index (χ1n) is 14.0. The maximum absolute atomic E-state index is 13.8. The lowest BCUT2D eigenvalue weighted by Crippen LogP contribution is -2.53. The number of ketones is 2. The molecule has 3 aliphatic rings. The number of benzene rings is 1. The van der Waals surface area contributed by atoms with Crippen molar-refractivity contribution in [1.82, 2.24) is 15.2 Å². The Morgan fingerprint density at radius 1 is 1.15 bits per heavy atom. The van der Waals surface area contributed by atoms with Gasteiger partial charge in [-0.05, 0) is 62.1 Å². The predicted octanol–water partition coefficient (Wildman–Crippen LogP) is 4.66. The largest absolute Gasteiger partial charge is 0.496 e. The van der Waals surface area contributed by atoms with Crippen molar-refractivity contribution in [2.45, 2.75) is 76.6 Å². The van der Waals surface area contributed by atoms with Crippen molar-refractivity contribution < 1.29 is 37.1 Å². The summed E-state index contributed by atoms with van der Waals surface area (Å²) < 4.78 is 45.4. The van der Waals surface area contributed by atoms with Crippen molar-refractivity contribution in [1.29, 1.82) is 0 Å². The Labute approximate surface area is 230 Å². The van der Waals surface area contributed by atoms with Crippen LogP contribution in [0.25, 0.3) is 10.9 Å². The number of nitrogens with one attached hydrogen (secondary N) is 2. The predicted molar refractivity (Wildman–Crippen MR) is 140 cm³/mol. The molecular formula is C29H34F3N3O5. The van der Waals surface area contributed by atoms with Crippen molar-refractivity contribution in [2.24, 2.45) is 17.8 Å². The van der Waals surface area contributed by atoms with E-state index < -0.39 is 35.6 Å². The maximum atomic E-state index is 13.8. The number of fused-ring (bicyclic) bond motifs is 2. The molecule has 1 aromatic carbocycles. The summed E-state index contributed by atoms with van der Waals surface area (Å²) in [6, 6.07) is 1.66. The van der Waals surface area contributed by atoms with Crippen molar-refractivity contribution in [3.05, 3.63) is 29.5 Å². The smallest absolute Gasteiger partial charge is 0.416 e. The molecule has 3 fully saturated rings. The average Bonchev–Trinajstić information content (AvgIpc) is 3.70. The summed E-state index contributed by atoms with van der Waals surface area (Å²) in [5.74, 6) is -1.20. The van der Waals surface area contributed by atoms with E-state index in [9.17, 15) is 32.3 Å². The summed E-state index contributed by atoms with van der Waals surface area (Å²) in [7, 11) is 1.26. The molecule has 8 nitrogen and oxygen atoms in total. The van der Waals surface area contributed by atoms with E-state index in [2.05, 4.69) is 10.3 Å². The standard InChI is InChI=1S/C29H34F3N3O5/c1-3-23(36)21(10-15-6-5-9-24(15)37)34-27(38)26-18-8-4-7-16(18)14-35(26)28(39)22-13-19-20(33-22)11-17(29(30,31)32)12-25(19)40-2/h11-13,15-16,18,21,26,33H,3-10,14H2,1-2H3,(H,34,38). The number of H-pyrrole nitrogens is 1. The molecule has 0 radical (unpaired) electrons. The van der Waals surface area contributed by atoms with Gasteiger partial charge in [0.25, 0.3) is 5.91 Å². The number of aromatic amines is 1. The SMILES string of the molecule is CCC(=O)C(CC1CCCC1=O)NC(=O)C1C2CCCC2CN1C(=O)c1cc2c(OC)cc(C(F)(F)F)cc2[nH]1. The van der Waals surface area contributed by atoms with Crippen molar-refractivity contribution >= 4 is 34.3 Å². The Bertz CT molecular complexity index is 1340. The van der Waals surface area contributed by atoms with E-state index in [1.807, 2.05) is 0 Å². The molecule has 1 saturated heterocycles. The highest BCUT2D eigenvalue weighted by Gasteiger charge is 2.50. The number of nitrogens with zero attached hydrogens (tertiary/aromatic N) is 1. The zero-order chi connectivity index (χ0) is 28.8. The van der Waals surface area contributed by atoms with Crippen LogP contribution in [0.5, 0.6) is 5.75 Å². The van der Waals surface area contributed by atoms with E-state index in [-0.39, 0.29) is 59.1 Å². The Kier molecular flexibility index (Phi) is 7.67. The first-order valence-corrected chi connectivity index (χ1v) is 14.0. The summed E-state index contributed by atoms with van der Waals surface area (Å²) in [4.78, 5) is 56.9. The van der Waals surface area contributed by atoms with Crippen LogP contribution in [0, 0.1) is 17.8 Å². The lowest BCUT2D eigenvalue weighted by Gasteiger charge is -2.29. The van der Waals surface area contributed by atoms with E-state index in [1.165, 1.54) is 18.1 Å². The molecule has 2 heterocycles. The molecule has 2 N–H and O–H groups in total. The van der Waals surface area contributed by atoms with Gasteiger partial charge in [-0.3, -0.25) is 19.2 Å². The van der Waals surface area contributed by atoms with Crippen LogP contribution < -0.4 is 10.1 Å². The quantitative estimate of drug-likeness (QED) is 0.488. The number of amides is 2. The van der Waals surface area contributed by atoms with Gasteiger partial charge in [-0.1, -0.05) is 13.3 Å². The van der Waals surface area contributed by atoms with Gasteiger partial charge in [0, 0.05) is 30.7 Å². The molecule has 5 unspecified atom stereocenters. The zero-order valence-electron chi connectivity index (χ0n) is 22.6. The summed E-state index contributed by atoms with van der Waals surface area (Å²) in [5, 5.41) is 3.21. The number of halogens is 3. The van der Waals surface area contributed by atoms with Gasteiger partial charge < -0.3 is 19.9 Å². The summed E-state index contributed by atoms with van der Waals surface area (Å²) in [6.07, 6.45) is 0.384. The van der Waals surface area contributed by atoms with Crippen LogP contribution in [0.3, 0.4) is 0 Å². The maximum Gasteiger partial charge on any atom is 0.416 e. The summed E-state index contributed by atoms with van der Waals surface area (Å²) in [5.41, 5.74) is -0.744. The molecule has 5 rings (SSSR count). The number of aromatic nitrogens is 1. The third kappa shape index (κ3) is 5.22. The van der Waals surface area contributed by atoms with Gasteiger partial charge in [0.1, 0.15) is 23.3 Å². The highest BCUT2D eigenvalue weighted by atomic mass is 19.4. The number of rotatable bonds is 8. The van der Waals surface area contributed by atoms with Crippen LogP contribution in [0.4, 0.5) is 13.2 Å². The molecule has 2 aliphatic carbocycles. The molecule has 216 valence electrons. The Morgan fingerprint density at radius 3 is 2.58 bits per heavy atom. The number of Topliss-reactive ketones (excluding diaryl/α,β-unsaturated/α-hetero) is 2. The van der Waals surface area contributed by atoms with Crippen LogP contribution >= 0.6 is 0 Å². The van der Waals surface area contributed by atoms with Crippen molar-refractivity contribution in [3.63, 3.8) is 0 Å². The molecule has 40 heavy (non-hydrogen) atoms. The fraction of sp³-hybridized carbons (Fsp3) is 0.586. The van der Waals surface area contributed by atoms with E-state index in [4.69, 9.17) is 4.74 Å². The summed E-state index contributed by atoms with van der Waals surface area (Å²) in [6.45, 7) is 2.06. The second-order valence-corrected chi connectivity index (χ2v) is 11.2. The number of carbonyl (C=O) groups is 4. The van der Waals surface area contributed by atoms with Crippen LogP contribution in [0.1, 0.15) is 74.3 Å². The first-order chi connectivity index (χ1) is 19.0. The number of likely N-dealkylation sites (tertiary alicyclic amines) is 1. The van der Waals surface area contributed by atoms with Crippen LogP contribution in [0.2, 0.25) is 0 Å². The molecule has 2 aromatic rings. The minimum absolute atomic E-state index is 0.0184. The van der Waals surface area contributed by atoms with E-state index >= 15 is 0 Å². The number of ether oxygens (including phenoxy) is 1. The van der Waals surface area contributed by atoms with Gasteiger partial charge in [0.2, 0.25) is 5.91 Å². The third-order valence-corrected chi connectivity index (χ3v) is 8.90. The number of alkyl halides is 3. The molecule has 2 saturated carbocycles. The van der Waals surface area contributed by atoms with Gasteiger partial charge in [-0.15, -0.1) is 0 Å². The zero-order valence-corrected chi connectivity index (χ0v) is 22.6. The fourth-order valence-corrected chi connectivity index (χ4v) is 6.85. The average molecular weight is 562 g/mol. The molecule has 5 atom stereocenters. The van der Waals surface area contributed by atoms with Gasteiger partial charge >= 0.3 is 6.18 Å². The van der Waals surface area contributed by atoms with Crippen LogP contribution in [0.15, 0.2) is 18.2 Å². The lowest BCUT2D eigenvalue weighted by molar-refractivity contribution is -0.137. The highest BCUT2D eigenvalue weighted by Crippen LogP contribution is 2.43. The van der Waals surface area contributed by atoms with E-state index in [0.717, 1.165) is 37.8 Å². The fourth-order valence-electron chi connectivity index (χ4n) is 6.85. The molecule has 1 aromatic heterocycles. The number of carbonyl (C=O) groups excluding carboxylic acids is 4. The lowest BCUT2D eigenvalue weighted by atomic mass is 9.91. The van der Waals surface area contributed by atoms with Crippen LogP contribution in [-0.2, 0) is 20.6 Å². The van der Waals surface area contributed by atoms with E-state index in [0.29, 0.717) is 24.8 Å². The molecule has 1 aliphatic heterocycles. The topological polar surface area (TPSA) is 109 Å². The van der Waals surface area contributed by atoms with Gasteiger partial charge in [0.05, 0.1) is 24.2 Å². The minimum Gasteiger partial charge on any atom is -0.496 e. The number of methoxy groups -OCH3 is 1. The monoisotopic (exact) mass is 561 g/mol. The number of hydrogen-bond acceptors (Lipinski definition) is 5. The first kappa shape index (κ1) is 28.2. The van der Waals surface area contributed by atoms with Crippen LogP contribution in [-0.4, -0.2) is 59.0 Å². The molecule has 0 spiro atoms. The van der Waals surface area contributed by atoms with Gasteiger partial charge in [0.15, 0.2) is 5.78 Å². The molecule has 2 amide bonds. The molecular weight excluding hydrogens is 527 g/mol. The Morgan fingerprint density at radius 2 is 1.93 bits per heavy atom. The van der Waals surface area contributed by atoms with E-state index in [1.54, 1.807) is 6.92 Å². The Balaban J connectivity index is 1.42. The minimum atomic E-state index is -4.60. The van der Waals surface area contributed by atoms with Crippen molar-refractivity contribution in [2.75, 3.05) is 13.7 Å². The second-order valence-electron chi connectivity index (χ2n) is 11.2. The van der Waals surface area contributed by atoms with Gasteiger partial charge in [-0.25, -0.2) is 0 Å². The molecule has 11 heteroatoms. The van der Waals surface area contributed by atoms with Crippen molar-refractivity contribution in [3.8, 4) is 5.75 Å². The Hall–Kier alpha value is -3.37. The van der Waals surface area contributed by atoms with Gasteiger partial charge in [-0.2, -0.15) is 13.2 Å². The molecule has 0 bridgehead atoms. The number of hydrogen-bond donors (Lipinski definition) is 2.